The molecule has 1 atom stereocenters. The van der Waals surface area contributed by atoms with Gasteiger partial charge in [0.2, 0.25) is 5.91 Å². The molecule has 0 saturated heterocycles. The molecule has 0 aromatic carbocycles. The van der Waals surface area contributed by atoms with Gasteiger partial charge in [-0.05, 0) is 84.3 Å². The smallest absolute Gasteiger partial charge is 0.416 e. The van der Waals surface area contributed by atoms with Gasteiger partial charge < -0.3 is 20.5 Å². The lowest BCUT2D eigenvalue weighted by molar-refractivity contribution is -0.149. The monoisotopic (exact) mass is 474 g/mol. The maximum Gasteiger partial charge on any atom is 0.416 e. The fraction of sp³-hybridized carbons (Fsp3) is 0.680. The molecule has 1 aliphatic carbocycles. The number of nitrogens with zero attached hydrogens (tertiary/aromatic N) is 2. The molecule has 188 valence electrons. The molecule has 0 spiro atoms. The van der Waals surface area contributed by atoms with Crippen molar-refractivity contribution in [2.75, 3.05) is 24.6 Å². The highest BCUT2D eigenvalue weighted by Crippen LogP contribution is 2.37. The van der Waals surface area contributed by atoms with Crippen LogP contribution in [0.1, 0.15) is 65.1 Å². The fourth-order valence-corrected chi connectivity index (χ4v) is 4.28. The van der Waals surface area contributed by atoms with Gasteiger partial charge in [0.05, 0.1) is 6.61 Å². The summed E-state index contributed by atoms with van der Waals surface area (Å²) in [5.74, 6) is 0.313. The quantitative estimate of drug-likeness (QED) is 0.582. The number of hydrogen-bond acceptors (Lipinski definition) is 7. The fourth-order valence-electron chi connectivity index (χ4n) is 4.28. The van der Waals surface area contributed by atoms with Crippen LogP contribution in [0.5, 0.6) is 0 Å². The second-order valence-corrected chi connectivity index (χ2v) is 10.6. The maximum absolute atomic E-state index is 12.7. The van der Waals surface area contributed by atoms with E-state index in [1.165, 1.54) is 0 Å². The van der Waals surface area contributed by atoms with E-state index in [2.05, 4.69) is 11.4 Å². The third-order valence-corrected chi connectivity index (χ3v) is 6.19. The normalized spacial score (nSPS) is 21.5. The van der Waals surface area contributed by atoms with Crippen molar-refractivity contribution in [1.82, 2.24) is 10.3 Å². The first-order chi connectivity index (χ1) is 15.9. The topological polar surface area (TPSA) is 124 Å². The minimum absolute atomic E-state index is 0.0404. The summed E-state index contributed by atoms with van der Waals surface area (Å²) >= 11 is 0. The van der Waals surface area contributed by atoms with E-state index >= 15 is 0 Å². The summed E-state index contributed by atoms with van der Waals surface area (Å²) in [5.41, 5.74) is 6.12. The number of rotatable bonds is 7. The van der Waals surface area contributed by atoms with Crippen LogP contribution in [0.25, 0.3) is 0 Å². The van der Waals surface area contributed by atoms with Gasteiger partial charge in [-0.3, -0.25) is 9.69 Å². The van der Waals surface area contributed by atoms with Crippen molar-refractivity contribution in [1.29, 1.82) is 0 Å². The molecule has 1 aliphatic heterocycles. The van der Waals surface area contributed by atoms with Crippen LogP contribution in [0.15, 0.2) is 12.1 Å². The Morgan fingerprint density at radius 2 is 1.91 bits per heavy atom. The van der Waals surface area contributed by atoms with Crippen molar-refractivity contribution in [3.8, 4) is 0 Å². The molecule has 9 heteroatoms. The Hall–Kier alpha value is -2.68. The summed E-state index contributed by atoms with van der Waals surface area (Å²) in [6.07, 6.45) is 3.65. The Morgan fingerprint density at radius 3 is 2.56 bits per heavy atom. The third kappa shape index (κ3) is 6.46. The molecule has 3 rings (SSSR count). The molecule has 34 heavy (non-hydrogen) atoms. The number of amides is 2. The predicted molar refractivity (Wildman–Crippen MR) is 128 cm³/mol. The number of pyridine rings is 1. The van der Waals surface area contributed by atoms with E-state index in [9.17, 15) is 14.4 Å². The molecule has 1 saturated carbocycles. The summed E-state index contributed by atoms with van der Waals surface area (Å²) in [6.45, 7) is 9.71. The van der Waals surface area contributed by atoms with E-state index in [1.807, 2.05) is 26.8 Å². The van der Waals surface area contributed by atoms with Crippen molar-refractivity contribution in [3.63, 3.8) is 0 Å². The van der Waals surface area contributed by atoms with Gasteiger partial charge in [-0.25, -0.2) is 14.6 Å². The average molecular weight is 475 g/mol. The van der Waals surface area contributed by atoms with E-state index < -0.39 is 17.1 Å². The van der Waals surface area contributed by atoms with Crippen LogP contribution >= 0.6 is 0 Å². The molecule has 1 aromatic rings. The summed E-state index contributed by atoms with van der Waals surface area (Å²) in [7, 11) is 0. The Morgan fingerprint density at radius 1 is 1.21 bits per heavy atom. The SMILES string of the molecule is CCOC(=O)[C@](C)(N)CNC(=O)[C@H]1C[C@H](Cc2ccc3c(n2)N(C(=O)OC(C)(C)C)CCC3)C1. The van der Waals surface area contributed by atoms with E-state index in [1.54, 1.807) is 18.7 Å². The highest BCUT2D eigenvalue weighted by Gasteiger charge is 2.37. The molecule has 3 N–H and O–H groups in total. The predicted octanol–water partition coefficient (Wildman–Crippen LogP) is 2.73. The zero-order valence-corrected chi connectivity index (χ0v) is 21.0. The molecular weight excluding hydrogens is 436 g/mol. The van der Waals surface area contributed by atoms with Crippen molar-refractivity contribution in [2.24, 2.45) is 17.6 Å². The van der Waals surface area contributed by atoms with Crippen molar-refractivity contribution >= 4 is 23.8 Å². The van der Waals surface area contributed by atoms with Gasteiger partial charge in [0.1, 0.15) is 17.0 Å². The lowest BCUT2D eigenvalue weighted by atomic mass is 9.72. The van der Waals surface area contributed by atoms with Crippen LogP contribution in [0.4, 0.5) is 10.6 Å². The first kappa shape index (κ1) is 25.9. The average Bonchev–Trinajstić information content (AvgIpc) is 2.72. The number of hydrogen-bond donors (Lipinski definition) is 2. The number of aryl methyl sites for hydroxylation is 1. The highest BCUT2D eigenvalue weighted by molar-refractivity contribution is 5.88. The first-order valence-corrected chi connectivity index (χ1v) is 12.1. The Kier molecular flexibility index (Phi) is 7.85. The molecule has 1 aromatic heterocycles. The summed E-state index contributed by atoms with van der Waals surface area (Å²) in [5, 5.41) is 2.79. The van der Waals surface area contributed by atoms with Gasteiger partial charge in [0, 0.05) is 24.7 Å². The maximum atomic E-state index is 12.7. The standard InChI is InChI=1S/C25H38N4O5/c1-6-33-22(31)25(5,26)15-27-21(30)18-12-16(13-18)14-19-10-9-17-8-7-11-29(20(17)28-19)23(32)34-24(2,3)4/h9-10,16,18H,6-8,11-15,26H2,1-5H3,(H,27,30)/t16-,18-,25-/m1/s1. The number of nitrogens with two attached hydrogens (primary N) is 1. The van der Waals surface area contributed by atoms with Gasteiger partial charge in [-0.15, -0.1) is 0 Å². The molecule has 2 heterocycles. The van der Waals surface area contributed by atoms with E-state index in [0.29, 0.717) is 18.3 Å². The zero-order chi connectivity index (χ0) is 25.1. The van der Waals surface area contributed by atoms with Gasteiger partial charge in [-0.2, -0.15) is 0 Å². The molecule has 0 bridgehead atoms. The molecule has 1 fully saturated rings. The number of aromatic nitrogens is 1. The molecule has 9 nitrogen and oxygen atoms in total. The van der Waals surface area contributed by atoms with E-state index in [-0.39, 0.29) is 31.1 Å². The number of carbonyl (C=O) groups is 3. The van der Waals surface area contributed by atoms with Crippen molar-refractivity contribution < 1.29 is 23.9 Å². The Labute approximate surface area is 201 Å². The summed E-state index contributed by atoms with van der Waals surface area (Å²) in [4.78, 5) is 43.5. The van der Waals surface area contributed by atoms with Gasteiger partial charge in [0.25, 0.3) is 0 Å². The Balaban J connectivity index is 1.53. The second kappa shape index (κ2) is 10.3. The minimum Gasteiger partial charge on any atom is -0.465 e. The summed E-state index contributed by atoms with van der Waals surface area (Å²) in [6, 6.07) is 4.07. The summed E-state index contributed by atoms with van der Waals surface area (Å²) < 4.78 is 10.5. The van der Waals surface area contributed by atoms with E-state index in [0.717, 1.165) is 43.4 Å². The van der Waals surface area contributed by atoms with Crippen LogP contribution in [-0.4, -0.2) is 53.8 Å². The number of fused-ring (bicyclic) bond motifs is 1. The van der Waals surface area contributed by atoms with Crippen molar-refractivity contribution in [2.45, 2.75) is 77.9 Å². The van der Waals surface area contributed by atoms with Crippen LogP contribution in [0.2, 0.25) is 0 Å². The number of anilines is 1. The lowest BCUT2D eigenvalue weighted by Crippen LogP contribution is -2.55. The molecular formula is C25H38N4O5. The van der Waals surface area contributed by atoms with Gasteiger partial charge >= 0.3 is 12.1 Å². The number of nitrogens with one attached hydrogen (secondary N) is 1. The second-order valence-electron chi connectivity index (χ2n) is 10.6. The molecule has 2 aliphatic rings. The highest BCUT2D eigenvalue weighted by atomic mass is 16.6. The largest absolute Gasteiger partial charge is 0.465 e. The zero-order valence-electron chi connectivity index (χ0n) is 21.0. The van der Waals surface area contributed by atoms with Crippen LogP contribution < -0.4 is 16.0 Å². The molecule has 0 radical (unpaired) electrons. The van der Waals surface area contributed by atoms with Crippen LogP contribution in [0, 0.1) is 11.8 Å². The number of carbonyl (C=O) groups excluding carboxylic acids is 3. The van der Waals surface area contributed by atoms with Crippen molar-refractivity contribution in [3.05, 3.63) is 23.4 Å². The van der Waals surface area contributed by atoms with Crippen LogP contribution in [-0.2, 0) is 31.9 Å². The Bertz CT molecular complexity index is 918. The third-order valence-electron chi connectivity index (χ3n) is 6.19. The minimum atomic E-state index is -1.25. The van der Waals surface area contributed by atoms with Gasteiger partial charge in [0.15, 0.2) is 0 Å². The molecule has 2 amide bonds. The van der Waals surface area contributed by atoms with Gasteiger partial charge in [-0.1, -0.05) is 6.07 Å². The lowest BCUT2D eigenvalue weighted by Gasteiger charge is -2.35. The van der Waals surface area contributed by atoms with E-state index in [4.69, 9.17) is 20.2 Å². The number of ether oxygens (including phenoxy) is 2. The molecule has 0 unspecified atom stereocenters. The first-order valence-electron chi connectivity index (χ1n) is 12.1. The number of esters is 1. The van der Waals surface area contributed by atoms with Crippen LogP contribution in [0.3, 0.4) is 0 Å².